The van der Waals surface area contributed by atoms with Crippen molar-refractivity contribution in [1.82, 2.24) is 9.55 Å². The smallest absolute Gasteiger partial charge is 0.231 e. The van der Waals surface area contributed by atoms with Crippen LogP contribution in [0.15, 0.2) is 60.1 Å². The van der Waals surface area contributed by atoms with Gasteiger partial charge < -0.3 is 9.67 Å². The number of allylic oxidation sites excluding steroid dienone is 1. The number of imidazole rings is 1. The highest BCUT2D eigenvalue weighted by Gasteiger charge is 2.11. The molecule has 0 amide bonds. The van der Waals surface area contributed by atoms with Crippen molar-refractivity contribution in [1.29, 1.82) is 0 Å². The van der Waals surface area contributed by atoms with E-state index in [1.807, 2.05) is 41.8 Å². The monoisotopic (exact) mass is 325 g/mol. The van der Waals surface area contributed by atoms with Crippen molar-refractivity contribution in [3.05, 3.63) is 65.7 Å². The van der Waals surface area contributed by atoms with Crippen LogP contribution in [0.3, 0.4) is 0 Å². The number of nitrogens with zero attached hydrogens (tertiary/aromatic N) is 3. The molecule has 0 fully saturated rings. The maximum Gasteiger partial charge on any atom is 0.231 e. The quantitative estimate of drug-likeness (QED) is 0.557. The molecule has 3 rings (SSSR count). The number of hydrogen-bond acceptors (Lipinski definition) is 3. The summed E-state index contributed by atoms with van der Waals surface area (Å²) in [7, 11) is 0. The minimum Gasteiger partial charge on any atom is -0.507 e. The zero-order chi connectivity index (χ0) is 16.4. The molecule has 3 aromatic rings. The van der Waals surface area contributed by atoms with E-state index in [9.17, 15) is 5.11 Å². The molecule has 1 aromatic heterocycles. The van der Waals surface area contributed by atoms with Crippen LogP contribution in [-0.2, 0) is 6.54 Å². The number of hydrogen-bond donors (Lipinski definition) is 1. The molecule has 0 saturated heterocycles. The van der Waals surface area contributed by atoms with Gasteiger partial charge in [-0.2, -0.15) is 0 Å². The van der Waals surface area contributed by atoms with Crippen molar-refractivity contribution >= 4 is 34.3 Å². The van der Waals surface area contributed by atoms with Gasteiger partial charge in [0.15, 0.2) is 0 Å². The molecule has 1 heterocycles. The molecule has 23 heavy (non-hydrogen) atoms. The van der Waals surface area contributed by atoms with Gasteiger partial charge in [0.1, 0.15) is 5.75 Å². The molecule has 0 aliphatic rings. The number of benzene rings is 2. The Morgan fingerprint density at radius 1 is 1.35 bits per heavy atom. The van der Waals surface area contributed by atoms with Crippen LogP contribution in [-0.4, -0.2) is 20.4 Å². The predicted octanol–water partition coefficient (Wildman–Crippen LogP) is 4.72. The van der Waals surface area contributed by atoms with Crippen LogP contribution in [0.2, 0.25) is 5.02 Å². The van der Waals surface area contributed by atoms with Gasteiger partial charge >= 0.3 is 0 Å². The fourth-order valence-corrected chi connectivity index (χ4v) is 2.64. The third-order valence-corrected chi connectivity index (χ3v) is 3.80. The Balaban J connectivity index is 2.12. The molecule has 0 unspecified atom stereocenters. The van der Waals surface area contributed by atoms with Crippen LogP contribution in [0.25, 0.3) is 11.0 Å². The SMILES string of the molecule is C=CCn1c(N=C(C)c2ccc(Cl)cc2O)nc2ccccc21. The molecule has 0 aliphatic heterocycles. The van der Waals surface area contributed by atoms with Gasteiger partial charge in [-0.25, -0.2) is 9.98 Å². The van der Waals surface area contributed by atoms with E-state index in [2.05, 4.69) is 16.6 Å². The molecule has 1 N–H and O–H groups in total. The first-order valence-electron chi connectivity index (χ1n) is 7.20. The van der Waals surface area contributed by atoms with Gasteiger partial charge in [-0.1, -0.05) is 29.8 Å². The number of rotatable bonds is 4. The van der Waals surface area contributed by atoms with Crippen molar-refractivity contribution in [2.75, 3.05) is 0 Å². The summed E-state index contributed by atoms with van der Waals surface area (Å²) < 4.78 is 1.98. The van der Waals surface area contributed by atoms with Gasteiger partial charge in [-0.05, 0) is 37.3 Å². The maximum absolute atomic E-state index is 10.0. The molecule has 0 radical (unpaired) electrons. The average molecular weight is 326 g/mol. The number of halogens is 1. The van der Waals surface area contributed by atoms with Crippen molar-refractivity contribution < 1.29 is 5.11 Å². The Kier molecular flexibility index (Phi) is 4.17. The molecule has 0 atom stereocenters. The second-order valence-electron chi connectivity index (χ2n) is 5.16. The Hall–Kier alpha value is -2.59. The third-order valence-electron chi connectivity index (χ3n) is 3.56. The molecule has 0 aliphatic carbocycles. The van der Waals surface area contributed by atoms with Gasteiger partial charge in [0, 0.05) is 17.1 Å². The van der Waals surface area contributed by atoms with E-state index in [-0.39, 0.29) is 5.75 Å². The normalized spacial score (nSPS) is 11.8. The van der Waals surface area contributed by atoms with E-state index >= 15 is 0 Å². The first kappa shape index (κ1) is 15.3. The predicted molar refractivity (Wildman–Crippen MR) is 94.9 cm³/mol. The lowest BCUT2D eigenvalue weighted by Gasteiger charge is -2.06. The first-order valence-corrected chi connectivity index (χ1v) is 7.58. The molecule has 0 saturated carbocycles. The second kappa shape index (κ2) is 6.26. The van der Waals surface area contributed by atoms with E-state index in [0.29, 0.717) is 28.8 Å². The number of para-hydroxylation sites is 2. The maximum atomic E-state index is 10.0. The molecule has 4 nitrogen and oxygen atoms in total. The van der Waals surface area contributed by atoms with Crippen molar-refractivity contribution in [3.63, 3.8) is 0 Å². The van der Waals surface area contributed by atoms with E-state index in [1.165, 1.54) is 6.07 Å². The van der Waals surface area contributed by atoms with Crippen LogP contribution in [0, 0.1) is 0 Å². The van der Waals surface area contributed by atoms with Crippen molar-refractivity contribution in [3.8, 4) is 5.75 Å². The molecular weight excluding hydrogens is 310 g/mol. The molecule has 2 aromatic carbocycles. The summed E-state index contributed by atoms with van der Waals surface area (Å²) in [6.45, 7) is 6.24. The number of fused-ring (bicyclic) bond motifs is 1. The highest BCUT2D eigenvalue weighted by molar-refractivity contribution is 6.30. The standard InChI is InChI=1S/C18H16ClN3O/c1-3-10-22-16-7-5-4-6-15(16)21-18(22)20-12(2)14-9-8-13(19)11-17(14)23/h3-9,11,23H,1,10H2,2H3. The fourth-order valence-electron chi connectivity index (χ4n) is 2.48. The zero-order valence-corrected chi connectivity index (χ0v) is 13.5. The summed E-state index contributed by atoms with van der Waals surface area (Å²) in [5, 5.41) is 10.5. The minimum atomic E-state index is 0.102. The van der Waals surface area contributed by atoms with Crippen LogP contribution in [0.5, 0.6) is 5.75 Å². The van der Waals surface area contributed by atoms with Gasteiger partial charge in [0.05, 0.1) is 16.7 Å². The number of aromatic nitrogens is 2. The van der Waals surface area contributed by atoms with Gasteiger partial charge in [-0.3, -0.25) is 0 Å². The van der Waals surface area contributed by atoms with Crippen molar-refractivity contribution in [2.45, 2.75) is 13.5 Å². The van der Waals surface area contributed by atoms with Crippen LogP contribution >= 0.6 is 11.6 Å². The molecule has 0 bridgehead atoms. The number of phenolic OH excluding ortho intramolecular Hbond substituents is 1. The lowest BCUT2D eigenvalue weighted by Crippen LogP contribution is -1.99. The van der Waals surface area contributed by atoms with Crippen molar-refractivity contribution in [2.24, 2.45) is 4.99 Å². The van der Waals surface area contributed by atoms with E-state index in [0.717, 1.165) is 11.0 Å². The number of aromatic hydroxyl groups is 1. The summed E-state index contributed by atoms with van der Waals surface area (Å²) in [5.41, 5.74) is 3.17. The van der Waals surface area contributed by atoms with Crippen LogP contribution in [0.1, 0.15) is 12.5 Å². The Bertz CT molecular complexity index is 912. The highest BCUT2D eigenvalue weighted by atomic mass is 35.5. The average Bonchev–Trinajstić information content (AvgIpc) is 2.85. The Labute approximate surface area is 139 Å². The molecule has 5 heteroatoms. The highest BCUT2D eigenvalue weighted by Crippen LogP contribution is 2.26. The minimum absolute atomic E-state index is 0.102. The summed E-state index contributed by atoms with van der Waals surface area (Å²) in [4.78, 5) is 9.16. The first-order chi connectivity index (χ1) is 11.1. The van der Waals surface area contributed by atoms with Gasteiger partial charge in [-0.15, -0.1) is 6.58 Å². The number of aliphatic imine (C=N–C) groups is 1. The zero-order valence-electron chi connectivity index (χ0n) is 12.7. The third kappa shape index (κ3) is 2.98. The summed E-state index contributed by atoms with van der Waals surface area (Å²) in [6.07, 6.45) is 1.81. The van der Waals surface area contributed by atoms with Crippen LogP contribution < -0.4 is 0 Å². The second-order valence-corrected chi connectivity index (χ2v) is 5.59. The molecule has 116 valence electrons. The van der Waals surface area contributed by atoms with E-state index in [1.54, 1.807) is 12.1 Å². The lowest BCUT2D eigenvalue weighted by molar-refractivity contribution is 0.474. The van der Waals surface area contributed by atoms with E-state index < -0.39 is 0 Å². The molecular formula is C18H16ClN3O. The molecule has 0 spiro atoms. The van der Waals surface area contributed by atoms with E-state index in [4.69, 9.17) is 11.6 Å². The lowest BCUT2D eigenvalue weighted by atomic mass is 10.1. The Morgan fingerprint density at radius 3 is 2.87 bits per heavy atom. The topological polar surface area (TPSA) is 50.4 Å². The number of phenols is 1. The summed E-state index contributed by atoms with van der Waals surface area (Å²) in [5.74, 6) is 0.683. The summed E-state index contributed by atoms with van der Waals surface area (Å²) >= 11 is 5.87. The summed E-state index contributed by atoms with van der Waals surface area (Å²) in [6, 6.07) is 12.8. The van der Waals surface area contributed by atoms with Crippen LogP contribution in [0.4, 0.5) is 5.95 Å². The Morgan fingerprint density at radius 2 is 2.13 bits per heavy atom. The fraction of sp³-hybridized carbons (Fsp3) is 0.111. The van der Waals surface area contributed by atoms with Gasteiger partial charge in [0.2, 0.25) is 5.95 Å². The largest absolute Gasteiger partial charge is 0.507 e. The van der Waals surface area contributed by atoms with Gasteiger partial charge in [0.25, 0.3) is 0 Å².